The quantitative estimate of drug-likeness (QED) is 0.659. The van der Waals surface area contributed by atoms with E-state index in [1.54, 1.807) is 48.5 Å². The zero-order chi connectivity index (χ0) is 17.7. The number of nitrogens with one attached hydrogen (secondary N) is 1. The molecule has 0 unspecified atom stereocenters. The van der Waals surface area contributed by atoms with Crippen LogP contribution in [0.15, 0.2) is 70.4 Å². The first-order valence-electron chi connectivity index (χ1n) is 8.08. The third-order valence-electron chi connectivity index (χ3n) is 3.87. The lowest BCUT2D eigenvalue weighted by molar-refractivity contribution is 0.310. The van der Waals surface area contributed by atoms with Crippen molar-refractivity contribution < 1.29 is 13.2 Å². The maximum atomic E-state index is 12.2. The van der Waals surface area contributed by atoms with Crippen molar-refractivity contribution >= 4 is 20.7 Å². The van der Waals surface area contributed by atoms with E-state index in [4.69, 9.17) is 4.74 Å². The zero-order valence-electron chi connectivity index (χ0n) is 13.6. The maximum absolute atomic E-state index is 12.2. The Morgan fingerprint density at radius 2 is 1.72 bits per heavy atom. The minimum absolute atomic E-state index is 0.110. The largest absolute Gasteiger partial charge is 0.494 e. The first-order valence-corrected chi connectivity index (χ1v) is 9.73. The van der Waals surface area contributed by atoms with E-state index in [0.29, 0.717) is 30.1 Å². The van der Waals surface area contributed by atoms with Gasteiger partial charge in [0.1, 0.15) is 5.75 Å². The monoisotopic (exact) mass is 357 g/mol. The SMILES string of the molecule is O=c1ccc2cc(OCCCCS(=O)(=O)c3ccccc3)ccc2[nH]1. The number of unbranched alkanes of at least 4 members (excludes halogenated alkanes) is 1. The lowest BCUT2D eigenvalue weighted by Gasteiger charge is -2.08. The van der Waals surface area contributed by atoms with Crippen LogP contribution in [0.25, 0.3) is 10.9 Å². The van der Waals surface area contributed by atoms with Gasteiger partial charge in [0.15, 0.2) is 9.84 Å². The van der Waals surface area contributed by atoms with Crippen LogP contribution in [0.2, 0.25) is 0 Å². The molecule has 0 aliphatic carbocycles. The first-order chi connectivity index (χ1) is 12.0. The van der Waals surface area contributed by atoms with E-state index in [0.717, 1.165) is 10.9 Å². The Kier molecular flexibility index (Phi) is 5.19. The molecule has 0 radical (unpaired) electrons. The molecule has 1 heterocycles. The minimum Gasteiger partial charge on any atom is -0.494 e. The van der Waals surface area contributed by atoms with E-state index in [2.05, 4.69) is 4.98 Å². The molecule has 2 aromatic carbocycles. The van der Waals surface area contributed by atoms with Crippen LogP contribution < -0.4 is 10.3 Å². The van der Waals surface area contributed by atoms with Gasteiger partial charge in [0, 0.05) is 17.0 Å². The van der Waals surface area contributed by atoms with Crippen molar-refractivity contribution in [2.45, 2.75) is 17.7 Å². The first kappa shape index (κ1) is 17.2. The van der Waals surface area contributed by atoms with E-state index in [1.807, 2.05) is 6.07 Å². The molecule has 0 saturated carbocycles. The van der Waals surface area contributed by atoms with Crippen molar-refractivity contribution in [3.05, 3.63) is 71.0 Å². The summed E-state index contributed by atoms with van der Waals surface area (Å²) in [5.41, 5.74) is 0.620. The number of sulfone groups is 1. The summed E-state index contributed by atoms with van der Waals surface area (Å²) in [6.45, 7) is 0.444. The molecule has 0 atom stereocenters. The molecular formula is C19H19NO4S. The molecule has 25 heavy (non-hydrogen) atoms. The average molecular weight is 357 g/mol. The van der Waals surface area contributed by atoms with Gasteiger partial charge >= 0.3 is 0 Å². The smallest absolute Gasteiger partial charge is 0.248 e. The summed E-state index contributed by atoms with van der Waals surface area (Å²) in [4.78, 5) is 14.4. The third-order valence-corrected chi connectivity index (χ3v) is 5.69. The number of hydrogen-bond acceptors (Lipinski definition) is 4. The summed E-state index contributed by atoms with van der Waals surface area (Å²) in [6.07, 6.45) is 1.19. The van der Waals surface area contributed by atoms with Gasteiger partial charge in [0.2, 0.25) is 5.56 Å². The molecule has 0 bridgehead atoms. The average Bonchev–Trinajstić information content (AvgIpc) is 2.62. The molecule has 0 saturated heterocycles. The molecule has 6 heteroatoms. The van der Waals surface area contributed by atoms with Crippen molar-refractivity contribution in [3.63, 3.8) is 0 Å². The lowest BCUT2D eigenvalue weighted by Crippen LogP contribution is -2.08. The Bertz CT molecular complexity index is 1010. The highest BCUT2D eigenvalue weighted by atomic mass is 32.2. The number of aromatic nitrogens is 1. The number of pyridine rings is 1. The number of hydrogen-bond donors (Lipinski definition) is 1. The minimum atomic E-state index is -3.23. The van der Waals surface area contributed by atoms with Crippen LogP contribution in [0, 0.1) is 0 Å². The molecule has 5 nitrogen and oxygen atoms in total. The van der Waals surface area contributed by atoms with Crippen LogP contribution in [0.5, 0.6) is 5.75 Å². The number of ether oxygens (including phenoxy) is 1. The van der Waals surface area contributed by atoms with Gasteiger partial charge in [0.05, 0.1) is 17.3 Å². The summed E-state index contributed by atoms with van der Waals surface area (Å²) < 4.78 is 30.0. The molecule has 3 rings (SSSR count). The van der Waals surface area contributed by atoms with Gasteiger partial charge in [-0.05, 0) is 49.2 Å². The van der Waals surface area contributed by atoms with Crippen LogP contribution in [-0.4, -0.2) is 25.8 Å². The second-order valence-electron chi connectivity index (χ2n) is 5.76. The fraction of sp³-hybridized carbons (Fsp3) is 0.211. The Balaban J connectivity index is 1.50. The number of fused-ring (bicyclic) bond motifs is 1. The van der Waals surface area contributed by atoms with E-state index in [9.17, 15) is 13.2 Å². The highest BCUT2D eigenvalue weighted by molar-refractivity contribution is 7.91. The Hall–Kier alpha value is -2.60. The van der Waals surface area contributed by atoms with Crippen LogP contribution in [0.1, 0.15) is 12.8 Å². The molecule has 3 aromatic rings. The zero-order valence-corrected chi connectivity index (χ0v) is 14.5. The number of H-pyrrole nitrogens is 1. The van der Waals surface area contributed by atoms with E-state index < -0.39 is 9.84 Å². The summed E-state index contributed by atoms with van der Waals surface area (Å²) in [6, 6.07) is 17.1. The molecule has 1 N–H and O–H groups in total. The van der Waals surface area contributed by atoms with Gasteiger partial charge < -0.3 is 9.72 Å². The van der Waals surface area contributed by atoms with E-state index in [-0.39, 0.29) is 11.3 Å². The fourth-order valence-corrected chi connectivity index (χ4v) is 3.94. The van der Waals surface area contributed by atoms with Crippen LogP contribution in [0.3, 0.4) is 0 Å². The third kappa shape index (κ3) is 4.48. The number of benzene rings is 2. The van der Waals surface area contributed by atoms with E-state index >= 15 is 0 Å². The van der Waals surface area contributed by atoms with Gasteiger partial charge in [0.25, 0.3) is 0 Å². The van der Waals surface area contributed by atoms with Crippen LogP contribution >= 0.6 is 0 Å². The predicted octanol–water partition coefficient (Wildman–Crippen LogP) is 3.16. The topological polar surface area (TPSA) is 76.2 Å². The van der Waals surface area contributed by atoms with Gasteiger partial charge in [-0.3, -0.25) is 4.79 Å². The molecule has 130 valence electrons. The molecule has 0 fully saturated rings. The van der Waals surface area contributed by atoms with E-state index in [1.165, 1.54) is 6.07 Å². The predicted molar refractivity (Wildman–Crippen MR) is 97.8 cm³/mol. The highest BCUT2D eigenvalue weighted by Gasteiger charge is 2.12. The highest BCUT2D eigenvalue weighted by Crippen LogP contribution is 2.18. The summed E-state index contributed by atoms with van der Waals surface area (Å²) in [7, 11) is -3.23. The van der Waals surface area contributed by atoms with Gasteiger partial charge in [-0.2, -0.15) is 0 Å². The van der Waals surface area contributed by atoms with Crippen molar-refractivity contribution in [1.82, 2.24) is 4.98 Å². The molecule has 0 spiro atoms. The molecule has 0 amide bonds. The van der Waals surface area contributed by atoms with Crippen molar-refractivity contribution in [2.75, 3.05) is 12.4 Å². The Morgan fingerprint density at radius 1 is 0.920 bits per heavy atom. The van der Waals surface area contributed by atoms with Crippen LogP contribution in [0.4, 0.5) is 0 Å². The standard InChI is InChI=1S/C19H19NO4S/c21-19-11-8-15-14-16(9-10-18(15)20-19)24-12-4-5-13-25(22,23)17-6-2-1-3-7-17/h1-3,6-11,14H,4-5,12-13H2,(H,20,21). The summed E-state index contributed by atoms with van der Waals surface area (Å²) >= 11 is 0. The molecular weight excluding hydrogens is 338 g/mol. The molecule has 1 aromatic heterocycles. The number of rotatable bonds is 7. The van der Waals surface area contributed by atoms with Crippen molar-refractivity contribution in [2.24, 2.45) is 0 Å². The van der Waals surface area contributed by atoms with Gasteiger partial charge in [-0.1, -0.05) is 18.2 Å². The van der Waals surface area contributed by atoms with Gasteiger partial charge in [-0.15, -0.1) is 0 Å². The lowest BCUT2D eigenvalue weighted by atomic mass is 10.2. The van der Waals surface area contributed by atoms with Crippen molar-refractivity contribution in [3.8, 4) is 5.75 Å². The normalized spacial score (nSPS) is 11.5. The van der Waals surface area contributed by atoms with Crippen LogP contribution in [-0.2, 0) is 9.84 Å². The number of aromatic amines is 1. The van der Waals surface area contributed by atoms with Crippen molar-refractivity contribution in [1.29, 1.82) is 0 Å². The summed E-state index contributed by atoms with van der Waals surface area (Å²) in [5.74, 6) is 0.810. The fourth-order valence-electron chi connectivity index (χ4n) is 2.55. The second kappa shape index (κ2) is 7.53. The molecule has 0 aliphatic heterocycles. The van der Waals surface area contributed by atoms with Gasteiger partial charge in [-0.25, -0.2) is 8.42 Å². The maximum Gasteiger partial charge on any atom is 0.248 e. The molecule has 0 aliphatic rings. The summed E-state index contributed by atoms with van der Waals surface area (Å²) in [5, 5.41) is 0.892. The second-order valence-corrected chi connectivity index (χ2v) is 7.87. The Labute approximate surface area is 146 Å². The Morgan fingerprint density at radius 3 is 2.52 bits per heavy atom.